The molecule has 4 rings (SSSR count). The van der Waals surface area contributed by atoms with Crippen LogP contribution >= 0.6 is 0 Å². The molecule has 1 aliphatic carbocycles. The van der Waals surface area contributed by atoms with Gasteiger partial charge in [-0.3, -0.25) is 9.11 Å². The zero-order chi connectivity index (χ0) is 23.9. The molecule has 0 amide bonds. The SMILES string of the molecule is C=CC(=O)O.O=S(=O)(O)C=Cc1ccccc1.O=S(=O)(O)c1cc2ccccc2c2c1C2. The first kappa shape index (κ1) is 25.0. The van der Waals surface area contributed by atoms with Gasteiger partial charge in [0.2, 0.25) is 0 Å². The predicted molar refractivity (Wildman–Crippen MR) is 121 cm³/mol. The van der Waals surface area contributed by atoms with Crippen LogP contribution in [0.25, 0.3) is 16.8 Å². The van der Waals surface area contributed by atoms with Crippen LogP contribution in [0.4, 0.5) is 0 Å². The number of rotatable bonds is 4. The first-order valence-electron chi connectivity index (χ1n) is 8.99. The third kappa shape index (κ3) is 7.75. The van der Waals surface area contributed by atoms with Crippen LogP contribution in [0, 0.1) is 0 Å². The fourth-order valence-electron chi connectivity index (χ4n) is 2.71. The van der Waals surface area contributed by atoms with Crippen LogP contribution < -0.4 is 0 Å². The quantitative estimate of drug-likeness (QED) is 0.298. The highest BCUT2D eigenvalue weighted by molar-refractivity contribution is 7.88. The second kappa shape index (κ2) is 10.3. The summed E-state index contributed by atoms with van der Waals surface area (Å²) in [4.78, 5) is 9.32. The first-order chi connectivity index (χ1) is 14.9. The molecule has 0 saturated carbocycles. The minimum atomic E-state index is -4.07. The van der Waals surface area contributed by atoms with Crippen molar-refractivity contribution in [3.05, 3.63) is 95.4 Å². The number of fused-ring (bicyclic) bond motifs is 3. The molecule has 3 aromatic rings. The Labute approximate surface area is 185 Å². The van der Waals surface area contributed by atoms with Crippen molar-refractivity contribution in [3.63, 3.8) is 0 Å². The molecule has 3 N–H and O–H groups in total. The van der Waals surface area contributed by atoms with Gasteiger partial charge in [-0.05, 0) is 39.6 Å². The lowest BCUT2D eigenvalue weighted by Gasteiger charge is -1.99. The molecular formula is C22H20O8S2. The number of carbonyl (C=O) groups is 1. The van der Waals surface area contributed by atoms with Crippen LogP contribution in [0.2, 0.25) is 0 Å². The fraction of sp³-hybridized carbons (Fsp3) is 0.0455. The highest BCUT2D eigenvalue weighted by atomic mass is 32.2. The van der Waals surface area contributed by atoms with Crippen LogP contribution in [0.15, 0.2) is 83.6 Å². The van der Waals surface area contributed by atoms with Gasteiger partial charge in [0, 0.05) is 12.5 Å². The third-order valence-corrected chi connectivity index (χ3v) is 5.55. The normalized spacial score (nSPS) is 12.1. The van der Waals surface area contributed by atoms with E-state index in [1.165, 1.54) is 12.1 Å². The molecule has 0 atom stereocenters. The van der Waals surface area contributed by atoms with Crippen LogP contribution in [0.1, 0.15) is 16.7 Å². The number of hydrogen-bond donors (Lipinski definition) is 3. The van der Waals surface area contributed by atoms with Gasteiger partial charge in [-0.2, -0.15) is 16.8 Å². The molecular weight excluding hydrogens is 456 g/mol. The van der Waals surface area contributed by atoms with Crippen LogP contribution in [0.5, 0.6) is 0 Å². The molecule has 0 radical (unpaired) electrons. The number of hydrogen-bond acceptors (Lipinski definition) is 5. The second-order valence-electron chi connectivity index (χ2n) is 6.48. The van der Waals surface area contributed by atoms with E-state index in [4.69, 9.17) is 14.2 Å². The second-order valence-corrected chi connectivity index (χ2v) is 9.17. The average Bonchev–Trinajstić information content (AvgIpc) is 3.53. The summed E-state index contributed by atoms with van der Waals surface area (Å²) in [7, 11) is -8.08. The Bertz CT molecular complexity index is 1370. The average molecular weight is 477 g/mol. The number of aliphatic carboxylic acids is 1. The van der Waals surface area contributed by atoms with Gasteiger partial charge in [0.05, 0.1) is 10.3 Å². The maximum atomic E-state index is 11.1. The summed E-state index contributed by atoms with van der Waals surface area (Å²) >= 11 is 0. The maximum Gasteiger partial charge on any atom is 0.327 e. The Balaban J connectivity index is 0.000000192. The molecule has 0 aliphatic heterocycles. The summed E-state index contributed by atoms with van der Waals surface area (Å²) in [6, 6.07) is 18.0. The van der Waals surface area contributed by atoms with Gasteiger partial charge in [-0.15, -0.1) is 0 Å². The molecule has 0 bridgehead atoms. The minimum absolute atomic E-state index is 0.0659. The molecule has 0 unspecified atom stereocenters. The van der Waals surface area contributed by atoms with E-state index in [1.54, 1.807) is 24.3 Å². The molecule has 0 aromatic heterocycles. The summed E-state index contributed by atoms with van der Waals surface area (Å²) in [5, 5.41) is 10.3. The molecule has 0 fully saturated rings. The summed E-state index contributed by atoms with van der Waals surface area (Å²) in [6.07, 6.45) is 2.83. The van der Waals surface area contributed by atoms with E-state index in [-0.39, 0.29) is 4.90 Å². The predicted octanol–water partition coefficient (Wildman–Crippen LogP) is 3.79. The lowest BCUT2D eigenvalue weighted by atomic mass is 10.1. The van der Waals surface area contributed by atoms with E-state index in [1.807, 2.05) is 30.3 Å². The Morgan fingerprint density at radius 3 is 2.00 bits per heavy atom. The van der Waals surface area contributed by atoms with Crippen LogP contribution in [-0.2, 0) is 31.5 Å². The number of carboxylic acid groups (broad SMARTS) is 1. The largest absolute Gasteiger partial charge is 0.478 e. The molecule has 0 heterocycles. The molecule has 3 aromatic carbocycles. The zero-order valence-corrected chi connectivity index (χ0v) is 18.3. The van der Waals surface area contributed by atoms with Gasteiger partial charge >= 0.3 is 5.97 Å². The maximum absolute atomic E-state index is 11.1. The van der Waals surface area contributed by atoms with E-state index in [0.29, 0.717) is 6.42 Å². The Morgan fingerprint density at radius 1 is 0.906 bits per heavy atom. The molecule has 8 nitrogen and oxygen atoms in total. The molecule has 10 heteroatoms. The van der Waals surface area contributed by atoms with Gasteiger partial charge < -0.3 is 5.11 Å². The van der Waals surface area contributed by atoms with E-state index in [0.717, 1.165) is 38.9 Å². The van der Waals surface area contributed by atoms with Gasteiger partial charge in [0.15, 0.2) is 0 Å². The fourth-order valence-corrected chi connectivity index (χ4v) is 3.82. The van der Waals surface area contributed by atoms with Crippen molar-refractivity contribution in [2.45, 2.75) is 11.3 Å². The van der Waals surface area contributed by atoms with E-state index in [9.17, 15) is 21.6 Å². The summed E-state index contributed by atoms with van der Waals surface area (Å²) < 4.78 is 60.1. The zero-order valence-electron chi connectivity index (χ0n) is 16.6. The van der Waals surface area contributed by atoms with E-state index < -0.39 is 26.2 Å². The highest BCUT2D eigenvalue weighted by Gasteiger charge is 2.29. The van der Waals surface area contributed by atoms with E-state index in [2.05, 4.69) is 6.58 Å². The molecule has 1 aliphatic rings. The molecule has 168 valence electrons. The number of benzene rings is 3. The van der Waals surface area contributed by atoms with Crippen molar-refractivity contribution in [3.8, 4) is 0 Å². The summed E-state index contributed by atoms with van der Waals surface area (Å²) in [5.41, 5.74) is 2.53. The lowest BCUT2D eigenvalue weighted by Crippen LogP contribution is -1.97. The third-order valence-electron chi connectivity index (χ3n) is 4.15. The summed E-state index contributed by atoms with van der Waals surface area (Å²) in [5.74, 6) is -0.981. The van der Waals surface area contributed by atoms with Gasteiger partial charge in [-0.25, -0.2) is 4.79 Å². The van der Waals surface area contributed by atoms with Gasteiger partial charge in [0.25, 0.3) is 20.2 Å². The smallest absolute Gasteiger partial charge is 0.327 e. The first-order valence-corrected chi connectivity index (χ1v) is 11.9. The summed E-state index contributed by atoms with van der Waals surface area (Å²) in [6.45, 7) is 2.96. The lowest BCUT2D eigenvalue weighted by molar-refractivity contribution is -0.131. The van der Waals surface area contributed by atoms with Crippen LogP contribution in [0.3, 0.4) is 0 Å². The van der Waals surface area contributed by atoms with Crippen molar-refractivity contribution in [1.82, 2.24) is 0 Å². The van der Waals surface area contributed by atoms with Crippen molar-refractivity contribution >= 4 is 43.1 Å². The topological polar surface area (TPSA) is 146 Å². The van der Waals surface area contributed by atoms with Gasteiger partial charge in [-0.1, -0.05) is 61.2 Å². The number of carboxylic acids is 1. The standard InChI is InChI=1S/C11H8O3S.C8H8O3S.C3H4O2/c12-15(13,14)11-5-7-3-1-2-4-8(7)9-6-10(9)11;9-12(10,11)7-6-8-4-2-1-3-5-8;1-2-3(4)5/h1-5H,6H2,(H,12,13,14);1-7H,(H,9,10,11);2H,1H2,(H,4,5). The van der Waals surface area contributed by atoms with Crippen molar-refractivity contribution in [2.24, 2.45) is 0 Å². The molecule has 0 spiro atoms. The van der Waals surface area contributed by atoms with Crippen LogP contribution in [-0.4, -0.2) is 37.0 Å². The van der Waals surface area contributed by atoms with Gasteiger partial charge in [0.1, 0.15) is 0 Å². The molecule has 32 heavy (non-hydrogen) atoms. The van der Waals surface area contributed by atoms with Crippen molar-refractivity contribution < 1.29 is 35.8 Å². The Morgan fingerprint density at radius 2 is 1.47 bits per heavy atom. The van der Waals surface area contributed by atoms with Crippen molar-refractivity contribution in [1.29, 1.82) is 0 Å². The van der Waals surface area contributed by atoms with E-state index >= 15 is 0 Å². The highest BCUT2D eigenvalue weighted by Crippen LogP contribution is 2.40. The Hall–Kier alpha value is -3.31. The Kier molecular flexibility index (Phi) is 8.06. The van der Waals surface area contributed by atoms with Crippen molar-refractivity contribution in [2.75, 3.05) is 0 Å². The molecule has 0 saturated heterocycles. The monoisotopic (exact) mass is 476 g/mol. The minimum Gasteiger partial charge on any atom is -0.478 e.